The number of hydrogen-bond acceptors (Lipinski definition) is 10. The van der Waals surface area contributed by atoms with Gasteiger partial charge in [-0.05, 0) is 58.2 Å². The van der Waals surface area contributed by atoms with Crippen molar-refractivity contribution < 1.29 is 57.1 Å². The van der Waals surface area contributed by atoms with Crippen LogP contribution in [0.15, 0.2) is 24.3 Å². The van der Waals surface area contributed by atoms with Crippen LogP contribution >= 0.6 is 7.82 Å². The topological polar surface area (TPSA) is 187 Å². The first-order valence-electron chi connectivity index (χ1n) is 13.1. The summed E-state index contributed by atoms with van der Waals surface area (Å²) >= 11 is 0. The molecule has 0 aliphatic carbocycles. The number of amides is 3. The van der Waals surface area contributed by atoms with Gasteiger partial charge in [0.25, 0.3) is 11.8 Å². The first kappa shape index (κ1) is 34.3. The molecule has 14 nitrogen and oxygen atoms in total. The highest BCUT2D eigenvalue weighted by Crippen LogP contribution is 2.37. The Bertz CT molecular complexity index is 1080. The van der Waals surface area contributed by atoms with E-state index in [0.29, 0.717) is 36.6 Å². The molecule has 15 heteroatoms. The zero-order chi connectivity index (χ0) is 30.7. The molecule has 0 aromatic heterocycles. The Morgan fingerprint density at radius 3 is 2.07 bits per heavy atom. The molecule has 1 saturated heterocycles. The first-order chi connectivity index (χ1) is 19.1. The van der Waals surface area contributed by atoms with Crippen LogP contribution in [0, 0.1) is 0 Å². The van der Waals surface area contributed by atoms with Gasteiger partial charge in [-0.2, -0.15) is 0 Å². The van der Waals surface area contributed by atoms with Crippen LogP contribution in [0.3, 0.4) is 0 Å². The van der Waals surface area contributed by atoms with Gasteiger partial charge < -0.3 is 28.9 Å². The Balaban J connectivity index is 1.57. The number of hydrogen-bond donors (Lipinski definition) is 3. The van der Waals surface area contributed by atoms with Gasteiger partial charge in [0.2, 0.25) is 5.91 Å². The maximum Gasteiger partial charge on any atom is 0.524 e. The second kappa shape index (κ2) is 15.4. The fourth-order valence-electron chi connectivity index (χ4n) is 3.55. The maximum absolute atomic E-state index is 12.2. The lowest BCUT2D eigenvalue weighted by molar-refractivity contribution is -0.200. The molecule has 41 heavy (non-hydrogen) atoms. The van der Waals surface area contributed by atoms with E-state index in [1.807, 2.05) is 27.7 Å². The van der Waals surface area contributed by atoms with Crippen molar-refractivity contribution in [2.75, 3.05) is 33.0 Å². The summed E-state index contributed by atoms with van der Waals surface area (Å²) in [5.41, 5.74) is -0.406. The van der Waals surface area contributed by atoms with Gasteiger partial charge in [0.05, 0.1) is 37.4 Å². The maximum atomic E-state index is 12.2. The van der Waals surface area contributed by atoms with Gasteiger partial charge in [-0.25, -0.2) is 9.36 Å². The number of carbonyl (C=O) groups is 4. The van der Waals surface area contributed by atoms with Gasteiger partial charge >= 0.3 is 13.8 Å². The van der Waals surface area contributed by atoms with E-state index in [1.165, 1.54) is 12.1 Å². The molecular formula is C26H39N2O12P. The lowest BCUT2D eigenvalue weighted by Crippen LogP contribution is -2.35. The number of rotatable bonds is 18. The minimum absolute atomic E-state index is 0.00742. The van der Waals surface area contributed by atoms with Crippen molar-refractivity contribution in [2.24, 2.45) is 0 Å². The number of benzene rings is 1. The van der Waals surface area contributed by atoms with Crippen LogP contribution in [0.4, 0.5) is 0 Å². The van der Waals surface area contributed by atoms with Crippen molar-refractivity contribution in [1.82, 2.24) is 10.4 Å². The van der Waals surface area contributed by atoms with Crippen molar-refractivity contribution in [3.8, 4) is 5.75 Å². The van der Waals surface area contributed by atoms with Crippen molar-refractivity contribution in [3.63, 3.8) is 0 Å². The van der Waals surface area contributed by atoms with Crippen LogP contribution < -0.4 is 9.84 Å². The highest BCUT2D eigenvalue weighted by Gasteiger charge is 2.33. The number of phosphoric ester groups is 1. The summed E-state index contributed by atoms with van der Waals surface area (Å²) in [7, 11) is -4.63. The van der Waals surface area contributed by atoms with Crippen LogP contribution in [0.1, 0.15) is 58.9 Å². The number of imide groups is 1. The van der Waals surface area contributed by atoms with E-state index in [9.17, 15) is 23.7 Å². The molecule has 1 aliphatic heterocycles. The normalized spacial score (nSPS) is 14.3. The number of nitrogens with one attached hydrogen (secondary N) is 1. The lowest BCUT2D eigenvalue weighted by atomic mass is 10.0. The molecule has 230 valence electrons. The molecule has 2 rings (SSSR count). The SMILES string of the molecule is CC(C)(CCOCC(=O)ON1C(=O)CCC1=O)OCCC(C)(C)OCCNC(=O)Cc1ccc(OP(=O)(O)O)cc1. The average molecular weight is 603 g/mol. The molecule has 0 unspecified atom stereocenters. The van der Waals surface area contributed by atoms with Crippen LogP contribution in [-0.4, -0.2) is 82.7 Å². The Hall–Kier alpha value is -2.87. The van der Waals surface area contributed by atoms with Crippen LogP contribution in [0.2, 0.25) is 0 Å². The smallest absolute Gasteiger partial charge is 0.404 e. The van der Waals surface area contributed by atoms with Gasteiger partial charge in [-0.15, -0.1) is 5.06 Å². The van der Waals surface area contributed by atoms with Crippen LogP contribution in [0.25, 0.3) is 0 Å². The number of nitrogens with zero attached hydrogens (tertiary/aromatic N) is 1. The molecule has 1 aromatic carbocycles. The van der Waals surface area contributed by atoms with Crippen molar-refractivity contribution in [3.05, 3.63) is 29.8 Å². The summed E-state index contributed by atoms with van der Waals surface area (Å²) in [5.74, 6) is -2.14. The quantitative estimate of drug-likeness (QED) is 0.126. The number of ether oxygens (including phenoxy) is 3. The molecule has 3 N–H and O–H groups in total. The van der Waals surface area contributed by atoms with Gasteiger partial charge in [-0.1, -0.05) is 12.1 Å². The second-order valence-corrected chi connectivity index (χ2v) is 11.7. The molecular weight excluding hydrogens is 563 g/mol. The Morgan fingerprint density at radius 1 is 0.927 bits per heavy atom. The second-order valence-electron chi connectivity index (χ2n) is 10.6. The fraction of sp³-hybridized carbons (Fsp3) is 0.615. The predicted octanol–water partition coefficient (Wildman–Crippen LogP) is 1.81. The molecule has 1 heterocycles. The Morgan fingerprint density at radius 2 is 1.49 bits per heavy atom. The largest absolute Gasteiger partial charge is 0.524 e. The molecule has 3 amide bonds. The van der Waals surface area contributed by atoms with Crippen LogP contribution in [0.5, 0.6) is 5.75 Å². The zero-order valence-electron chi connectivity index (χ0n) is 23.8. The van der Waals surface area contributed by atoms with Crippen molar-refractivity contribution >= 4 is 31.5 Å². The standard InChI is InChI=1S/C26H39N2O12P/c1-25(2,11-14-36-18-24(32)39-28-22(30)9-10-23(28)31)37-15-12-26(3,4)38-16-13-27-21(29)17-19-5-7-20(8-6-19)40-41(33,34)35/h5-8H,9-18H2,1-4H3,(H,27,29)(H2,33,34,35). The van der Waals surface area contributed by atoms with E-state index < -0.39 is 43.4 Å². The number of phosphoric acid groups is 1. The van der Waals surface area contributed by atoms with Gasteiger partial charge in [0, 0.05) is 19.4 Å². The highest BCUT2D eigenvalue weighted by atomic mass is 31.2. The summed E-state index contributed by atoms with van der Waals surface area (Å²) < 4.78 is 32.5. The summed E-state index contributed by atoms with van der Waals surface area (Å²) in [6, 6.07) is 5.86. The molecule has 0 spiro atoms. The van der Waals surface area contributed by atoms with E-state index in [1.54, 1.807) is 12.1 Å². The summed E-state index contributed by atoms with van der Waals surface area (Å²) in [6.07, 6.45) is 1.20. The molecule has 1 aliphatic rings. The molecule has 1 fully saturated rings. The van der Waals surface area contributed by atoms with Gasteiger partial charge in [-0.3, -0.25) is 24.2 Å². The van der Waals surface area contributed by atoms with Gasteiger partial charge in [0.1, 0.15) is 12.4 Å². The summed E-state index contributed by atoms with van der Waals surface area (Å²) in [6.45, 7) is 8.39. The van der Waals surface area contributed by atoms with E-state index in [0.717, 1.165) is 0 Å². The first-order valence-corrected chi connectivity index (χ1v) is 14.6. The Kier molecular flexibility index (Phi) is 12.9. The van der Waals surface area contributed by atoms with E-state index in [4.69, 9.17) is 28.8 Å². The minimum Gasteiger partial charge on any atom is -0.404 e. The summed E-state index contributed by atoms with van der Waals surface area (Å²) in [4.78, 5) is 69.3. The predicted molar refractivity (Wildman–Crippen MR) is 143 cm³/mol. The Labute approximate surface area is 238 Å². The molecule has 0 radical (unpaired) electrons. The molecule has 1 aromatic rings. The highest BCUT2D eigenvalue weighted by molar-refractivity contribution is 7.46. The van der Waals surface area contributed by atoms with Crippen LogP contribution in [-0.2, 0) is 49.2 Å². The molecule has 0 atom stereocenters. The molecule has 0 bridgehead atoms. The van der Waals surface area contributed by atoms with Crippen molar-refractivity contribution in [1.29, 1.82) is 0 Å². The summed E-state index contributed by atoms with van der Waals surface area (Å²) in [5, 5.41) is 3.24. The monoisotopic (exact) mass is 602 g/mol. The van der Waals surface area contributed by atoms with Crippen molar-refractivity contribution in [2.45, 2.75) is 71.0 Å². The van der Waals surface area contributed by atoms with E-state index in [-0.39, 0.29) is 44.1 Å². The third-order valence-corrected chi connectivity index (χ3v) is 6.34. The molecule has 0 saturated carbocycles. The third kappa shape index (κ3) is 14.0. The van der Waals surface area contributed by atoms with E-state index in [2.05, 4.69) is 9.84 Å². The lowest BCUT2D eigenvalue weighted by Gasteiger charge is -2.29. The number of hydroxylamine groups is 2. The average Bonchev–Trinajstić information content (AvgIpc) is 3.17. The van der Waals surface area contributed by atoms with E-state index >= 15 is 0 Å². The number of carbonyl (C=O) groups excluding carboxylic acids is 4. The third-order valence-electron chi connectivity index (χ3n) is 5.89. The fourth-order valence-corrected chi connectivity index (χ4v) is 3.94. The minimum atomic E-state index is -4.63. The zero-order valence-corrected chi connectivity index (χ0v) is 24.6. The van der Waals surface area contributed by atoms with Gasteiger partial charge in [0.15, 0.2) is 0 Å².